The minimum absolute atomic E-state index is 0.160. The van der Waals surface area contributed by atoms with E-state index in [1.165, 1.54) is 17.0 Å². The molecule has 0 unspecified atom stereocenters. The maximum absolute atomic E-state index is 12.9. The van der Waals surface area contributed by atoms with Crippen LogP contribution in [0, 0.1) is 12.7 Å². The van der Waals surface area contributed by atoms with Crippen molar-refractivity contribution in [2.75, 3.05) is 0 Å². The molecule has 2 aromatic rings. The molecule has 16 heavy (non-hydrogen) atoms. The van der Waals surface area contributed by atoms with Crippen LogP contribution < -0.4 is 0 Å². The number of rotatable bonds is 2. The lowest BCUT2D eigenvalue weighted by molar-refractivity contribution is 0.612. The fourth-order valence-corrected chi connectivity index (χ4v) is 2.52. The molecule has 0 saturated heterocycles. The Morgan fingerprint density at radius 3 is 2.31 bits per heavy atom. The van der Waals surface area contributed by atoms with Crippen LogP contribution in [0.4, 0.5) is 4.39 Å². The smallest absolute Gasteiger partial charge is 0.123 e. The predicted octanol–water partition coefficient (Wildman–Crippen LogP) is 3.92. The first-order chi connectivity index (χ1) is 7.50. The van der Waals surface area contributed by atoms with Gasteiger partial charge in [0.05, 0.1) is 0 Å². The van der Waals surface area contributed by atoms with E-state index in [9.17, 15) is 4.39 Å². The zero-order valence-corrected chi connectivity index (χ0v) is 10.4. The molecule has 1 aromatic carbocycles. The van der Waals surface area contributed by atoms with Crippen LogP contribution in [0.5, 0.6) is 0 Å². The lowest BCUT2D eigenvalue weighted by Crippen LogP contribution is -2.18. The number of thiazole rings is 1. The average Bonchev–Trinajstić information content (AvgIpc) is 2.66. The Hall–Kier alpha value is -1.22. The number of benzene rings is 1. The van der Waals surface area contributed by atoms with E-state index in [0.29, 0.717) is 0 Å². The summed E-state index contributed by atoms with van der Waals surface area (Å²) >= 11 is 1.69. The van der Waals surface area contributed by atoms with Crippen molar-refractivity contribution in [2.45, 2.75) is 26.2 Å². The third-order valence-electron chi connectivity index (χ3n) is 2.72. The van der Waals surface area contributed by atoms with Crippen LogP contribution in [0.2, 0.25) is 0 Å². The highest BCUT2D eigenvalue weighted by atomic mass is 32.1. The first-order valence-electron chi connectivity index (χ1n) is 5.19. The van der Waals surface area contributed by atoms with Gasteiger partial charge in [-0.25, -0.2) is 9.37 Å². The van der Waals surface area contributed by atoms with Gasteiger partial charge in [0.2, 0.25) is 0 Å². The van der Waals surface area contributed by atoms with Gasteiger partial charge in [0.25, 0.3) is 0 Å². The van der Waals surface area contributed by atoms with E-state index in [0.717, 1.165) is 10.6 Å². The highest BCUT2D eigenvalue weighted by Crippen LogP contribution is 2.33. The molecule has 0 aliphatic rings. The highest BCUT2D eigenvalue weighted by Gasteiger charge is 2.26. The molecule has 0 spiro atoms. The Labute approximate surface area is 99.0 Å². The van der Waals surface area contributed by atoms with Gasteiger partial charge in [-0.05, 0) is 38.5 Å². The number of aromatic nitrogens is 1. The second kappa shape index (κ2) is 3.98. The number of hydrogen-bond acceptors (Lipinski definition) is 2. The van der Waals surface area contributed by atoms with Gasteiger partial charge in [0.15, 0.2) is 0 Å². The molecule has 0 radical (unpaired) electrons. The molecule has 0 N–H and O–H groups in total. The molecule has 0 aliphatic heterocycles. The minimum Gasteiger partial charge on any atom is -0.248 e. The van der Waals surface area contributed by atoms with E-state index in [-0.39, 0.29) is 11.2 Å². The summed E-state index contributed by atoms with van der Waals surface area (Å²) in [6.45, 7) is 6.26. The molecule has 0 aliphatic carbocycles. The van der Waals surface area contributed by atoms with Crippen LogP contribution in [-0.4, -0.2) is 4.98 Å². The van der Waals surface area contributed by atoms with Crippen LogP contribution in [0.3, 0.4) is 0 Å². The molecular weight excluding hydrogens is 221 g/mol. The standard InChI is InChI=1S/C13H14FNS/c1-9-8-15-12(16-9)13(2,3)10-4-6-11(14)7-5-10/h4-8H,1-3H3. The molecule has 1 heterocycles. The van der Waals surface area contributed by atoms with Gasteiger partial charge in [0.1, 0.15) is 10.8 Å². The molecule has 0 bridgehead atoms. The molecule has 0 atom stereocenters. The molecule has 0 fully saturated rings. The van der Waals surface area contributed by atoms with Gasteiger partial charge >= 0.3 is 0 Å². The van der Waals surface area contributed by atoms with Crippen LogP contribution in [0.25, 0.3) is 0 Å². The molecule has 1 nitrogen and oxygen atoms in total. The van der Waals surface area contributed by atoms with Gasteiger partial charge in [-0.3, -0.25) is 0 Å². The third-order valence-corrected chi connectivity index (χ3v) is 3.96. The third kappa shape index (κ3) is 2.00. The van der Waals surface area contributed by atoms with E-state index < -0.39 is 0 Å². The van der Waals surface area contributed by atoms with Crippen molar-refractivity contribution in [2.24, 2.45) is 0 Å². The van der Waals surface area contributed by atoms with E-state index in [4.69, 9.17) is 0 Å². The van der Waals surface area contributed by atoms with Crippen molar-refractivity contribution in [1.82, 2.24) is 4.98 Å². The van der Waals surface area contributed by atoms with Gasteiger partial charge in [-0.15, -0.1) is 11.3 Å². The van der Waals surface area contributed by atoms with Gasteiger partial charge < -0.3 is 0 Å². The average molecular weight is 235 g/mol. The van der Waals surface area contributed by atoms with Crippen molar-refractivity contribution in [3.8, 4) is 0 Å². The number of aryl methyl sites for hydroxylation is 1. The zero-order valence-electron chi connectivity index (χ0n) is 9.62. The van der Waals surface area contributed by atoms with Crippen molar-refractivity contribution in [3.63, 3.8) is 0 Å². The number of hydrogen-bond donors (Lipinski definition) is 0. The summed E-state index contributed by atoms with van der Waals surface area (Å²) in [7, 11) is 0. The quantitative estimate of drug-likeness (QED) is 0.769. The normalized spacial score (nSPS) is 11.8. The van der Waals surface area contributed by atoms with Crippen molar-refractivity contribution >= 4 is 11.3 Å². The summed E-state index contributed by atoms with van der Waals surface area (Å²) in [4.78, 5) is 5.61. The Morgan fingerprint density at radius 1 is 1.19 bits per heavy atom. The summed E-state index contributed by atoms with van der Waals surface area (Å²) in [6, 6.07) is 6.65. The van der Waals surface area contributed by atoms with Crippen molar-refractivity contribution in [1.29, 1.82) is 0 Å². The zero-order chi connectivity index (χ0) is 11.8. The fraction of sp³-hybridized carbons (Fsp3) is 0.308. The molecule has 84 valence electrons. The predicted molar refractivity (Wildman–Crippen MR) is 65.4 cm³/mol. The number of halogens is 1. The second-order valence-corrected chi connectivity index (χ2v) is 5.64. The summed E-state index contributed by atoms with van der Waals surface area (Å²) < 4.78 is 12.9. The van der Waals surface area contributed by atoms with E-state index >= 15 is 0 Å². The first kappa shape index (κ1) is 11.3. The monoisotopic (exact) mass is 235 g/mol. The van der Waals surface area contributed by atoms with Crippen LogP contribution in [-0.2, 0) is 5.41 Å². The molecule has 1 aromatic heterocycles. The maximum atomic E-state index is 12.9. The highest BCUT2D eigenvalue weighted by molar-refractivity contribution is 7.11. The fourth-order valence-electron chi connectivity index (χ4n) is 1.63. The number of nitrogens with zero attached hydrogens (tertiary/aromatic N) is 1. The van der Waals surface area contributed by atoms with Gasteiger partial charge in [-0.2, -0.15) is 0 Å². The first-order valence-corrected chi connectivity index (χ1v) is 6.01. The Kier molecular flexibility index (Phi) is 2.80. The molecule has 3 heteroatoms. The van der Waals surface area contributed by atoms with Crippen molar-refractivity contribution in [3.05, 3.63) is 51.7 Å². The lowest BCUT2D eigenvalue weighted by Gasteiger charge is -2.22. The summed E-state index contributed by atoms with van der Waals surface area (Å²) in [5.74, 6) is -0.199. The molecule has 0 saturated carbocycles. The molecule has 2 rings (SSSR count). The summed E-state index contributed by atoms with van der Waals surface area (Å²) in [6.07, 6.45) is 1.88. The maximum Gasteiger partial charge on any atom is 0.123 e. The summed E-state index contributed by atoms with van der Waals surface area (Å²) in [5, 5.41) is 1.07. The Morgan fingerprint density at radius 2 is 1.81 bits per heavy atom. The van der Waals surface area contributed by atoms with Gasteiger partial charge in [0, 0.05) is 16.5 Å². The topological polar surface area (TPSA) is 12.9 Å². The van der Waals surface area contributed by atoms with E-state index in [1.807, 2.05) is 25.3 Å². The Bertz CT molecular complexity index is 485. The lowest BCUT2D eigenvalue weighted by atomic mass is 9.85. The minimum atomic E-state index is -0.199. The van der Waals surface area contributed by atoms with Crippen LogP contribution >= 0.6 is 11.3 Å². The SMILES string of the molecule is Cc1cnc(C(C)(C)c2ccc(F)cc2)s1. The van der Waals surface area contributed by atoms with E-state index in [2.05, 4.69) is 18.8 Å². The van der Waals surface area contributed by atoms with Crippen LogP contribution in [0.15, 0.2) is 30.5 Å². The van der Waals surface area contributed by atoms with Crippen molar-refractivity contribution < 1.29 is 4.39 Å². The summed E-state index contributed by atoms with van der Waals surface area (Å²) in [5.41, 5.74) is 0.926. The molecular formula is C13H14FNS. The Balaban J connectivity index is 2.42. The largest absolute Gasteiger partial charge is 0.248 e. The van der Waals surface area contributed by atoms with Crippen LogP contribution in [0.1, 0.15) is 29.3 Å². The molecule has 0 amide bonds. The van der Waals surface area contributed by atoms with Gasteiger partial charge in [-0.1, -0.05) is 12.1 Å². The second-order valence-electron chi connectivity index (χ2n) is 4.41. The van der Waals surface area contributed by atoms with E-state index in [1.54, 1.807) is 11.3 Å².